The van der Waals surface area contributed by atoms with E-state index < -0.39 is 0 Å². The van der Waals surface area contributed by atoms with E-state index in [2.05, 4.69) is 61.5 Å². The van der Waals surface area contributed by atoms with Crippen molar-refractivity contribution in [1.82, 2.24) is 9.55 Å². The van der Waals surface area contributed by atoms with E-state index >= 15 is 0 Å². The van der Waals surface area contributed by atoms with Crippen LogP contribution in [0.15, 0.2) is 36.7 Å². The number of aryl methyl sites for hydroxylation is 1. The maximum atomic E-state index is 6.50. The van der Waals surface area contributed by atoms with Crippen LogP contribution in [0.1, 0.15) is 57.1 Å². The number of imidazole rings is 1. The average Bonchev–Trinajstić information content (AvgIpc) is 2.85. The lowest BCUT2D eigenvalue weighted by atomic mass is 9.81. The van der Waals surface area contributed by atoms with Gasteiger partial charge in [-0.25, -0.2) is 4.98 Å². The largest absolute Gasteiger partial charge is 0.335 e. The summed E-state index contributed by atoms with van der Waals surface area (Å²) >= 11 is 0. The van der Waals surface area contributed by atoms with Gasteiger partial charge >= 0.3 is 0 Å². The minimum Gasteiger partial charge on any atom is -0.335 e. The molecule has 1 aromatic carbocycles. The molecule has 3 nitrogen and oxygen atoms in total. The summed E-state index contributed by atoms with van der Waals surface area (Å²) in [7, 11) is 0. The third-order valence-corrected chi connectivity index (χ3v) is 3.84. The van der Waals surface area contributed by atoms with Gasteiger partial charge in [0.15, 0.2) is 0 Å². The predicted molar refractivity (Wildman–Crippen MR) is 88.3 cm³/mol. The summed E-state index contributed by atoms with van der Waals surface area (Å²) in [5.41, 5.74) is 9.16. The average molecular weight is 285 g/mol. The Balaban J connectivity index is 2.25. The van der Waals surface area contributed by atoms with E-state index in [0.717, 1.165) is 25.2 Å². The Bertz CT molecular complexity index is 578. The molecule has 0 bridgehead atoms. The molecule has 114 valence electrons. The van der Waals surface area contributed by atoms with Crippen LogP contribution in [0, 0.1) is 0 Å². The first-order chi connectivity index (χ1) is 9.93. The Morgan fingerprint density at radius 3 is 2.62 bits per heavy atom. The number of nitrogens with two attached hydrogens (primary N) is 1. The SMILES string of the molecule is CCCn1ccnc1CC(N)c1ccccc1C(C)(C)C. The topological polar surface area (TPSA) is 43.8 Å². The van der Waals surface area contributed by atoms with Crippen LogP contribution in [0.4, 0.5) is 0 Å². The quantitative estimate of drug-likeness (QED) is 0.907. The molecule has 1 unspecified atom stereocenters. The van der Waals surface area contributed by atoms with E-state index in [1.165, 1.54) is 11.1 Å². The molecule has 2 aromatic rings. The van der Waals surface area contributed by atoms with E-state index in [0.29, 0.717) is 0 Å². The summed E-state index contributed by atoms with van der Waals surface area (Å²) in [5, 5.41) is 0. The van der Waals surface area contributed by atoms with Crippen LogP contribution in [0.25, 0.3) is 0 Å². The molecule has 2 N–H and O–H groups in total. The van der Waals surface area contributed by atoms with Gasteiger partial charge in [0, 0.05) is 31.4 Å². The molecule has 0 saturated heterocycles. The predicted octanol–water partition coefficient (Wildman–Crippen LogP) is 3.83. The molecule has 0 amide bonds. The second-order valence-corrected chi connectivity index (χ2v) is 6.68. The maximum absolute atomic E-state index is 6.50. The molecule has 0 saturated carbocycles. The van der Waals surface area contributed by atoms with Crippen LogP contribution in [-0.2, 0) is 18.4 Å². The van der Waals surface area contributed by atoms with Crippen LogP contribution >= 0.6 is 0 Å². The summed E-state index contributed by atoms with van der Waals surface area (Å²) in [6.45, 7) is 9.88. The van der Waals surface area contributed by atoms with Crippen molar-refractivity contribution in [2.45, 2.75) is 58.5 Å². The number of rotatable bonds is 5. The molecular weight excluding hydrogens is 258 g/mol. The Labute approximate surface area is 128 Å². The molecule has 2 rings (SSSR count). The lowest BCUT2D eigenvalue weighted by Crippen LogP contribution is -2.22. The second-order valence-electron chi connectivity index (χ2n) is 6.68. The van der Waals surface area contributed by atoms with Gasteiger partial charge in [-0.2, -0.15) is 0 Å². The van der Waals surface area contributed by atoms with Gasteiger partial charge in [-0.3, -0.25) is 0 Å². The van der Waals surface area contributed by atoms with Crippen molar-refractivity contribution in [3.05, 3.63) is 53.6 Å². The lowest BCUT2D eigenvalue weighted by molar-refractivity contribution is 0.556. The molecule has 0 radical (unpaired) electrons. The molecule has 0 aliphatic heterocycles. The summed E-state index contributed by atoms with van der Waals surface area (Å²) in [4.78, 5) is 4.48. The van der Waals surface area contributed by atoms with E-state index in [4.69, 9.17) is 5.73 Å². The Hall–Kier alpha value is -1.61. The van der Waals surface area contributed by atoms with Gasteiger partial charge in [0.05, 0.1) is 0 Å². The molecule has 3 heteroatoms. The minimum atomic E-state index is -0.0153. The Morgan fingerprint density at radius 2 is 1.95 bits per heavy atom. The van der Waals surface area contributed by atoms with Crippen molar-refractivity contribution in [2.75, 3.05) is 0 Å². The van der Waals surface area contributed by atoms with Crippen molar-refractivity contribution >= 4 is 0 Å². The van der Waals surface area contributed by atoms with Crippen LogP contribution in [-0.4, -0.2) is 9.55 Å². The fourth-order valence-electron chi connectivity index (χ4n) is 2.78. The van der Waals surface area contributed by atoms with Gasteiger partial charge in [-0.1, -0.05) is 52.0 Å². The van der Waals surface area contributed by atoms with E-state index in [1.54, 1.807) is 0 Å². The summed E-state index contributed by atoms with van der Waals surface area (Å²) in [6, 6.07) is 8.49. The first-order valence-electron chi connectivity index (χ1n) is 7.78. The van der Waals surface area contributed by atoms with Gasteiger partial charge in [-0.15, -0.1) is 0 Å². The number of hydrogen-bond acceptors (Lipinski definition) is 2. The molecular formula is C18H27N3. The molecule has 1 atom stereocenters. The maximum Gasteiger partial charge on any atom is 0.110 e. The third kappa shape index (κ3) is 3.73. The fraction of sp³-hybridized carbons (Fsp3) is 0.500. The Kier molecular flexibility index (Phi) is 4.84. The summed E-state index contributed by atoms with van der Waals surface area (Å²) in [5.74, 6) is 1.08. The van der Waals surface area contributed by atoms with Gasteiger partial charge in [0.1, 0.15) is 5.82 Å². The van der Waals surface area contributed by atoms with Crippen LogP contribution in [0.3, 0.4) is 0 Å². The highest BCUT2D eigenvalue weighted by molar-refractivity contribution is 5.35. The zero-order chi connectivity index (χ0) is 15.5. The zero-order valence-electron chi connectivity index (χ0n) is 13.6. The van der Waals surface area contributed by atoms with Crippen LogP contribution in [0.5, 0.6) is 0 Å². The van der Waals surface area contributed by atoms with Gasteiger partial charge in [0.2, 0.25) is 0 Å². The summed E-state index contributed by atoms with van der Waals surface area (Å²) in [6.07, 6.45) is 5.80. The Morgan fingerprint density at radius 1 is 1.24 bits per heavy atom. The molecule has 0 fully saturated rings. The van der Waals surface area contributed by atoms with Crippen molar-refractivity contribution in [1.29, 1.82) is 0 Å². The van der Waals surface area contributed by atoms with E-state index in [-0.39, 0.29) is 11.5 Å². The molecule has 0 aliphatic rings. The van der Waals surface area contributed by atoms with Gasteiger partial charge in [-0.05, 0) is 23.0 Å². The molecule has 1 aromatic heterocycles. The van der Waals surface area contributed by atoms with Crippen molar-refractivity contribution in [3.8, 4) is 0 Å². The number of hydrogen-bond donors (Lipinski definition) is 1. The molecule has 0 aliphatic carbocycles. The highest BCUT2D eigenvalue weighted by atomic mass is 15.1. The minimum absolute atomic E-state index is 0.0153. The summed E-state index contributed by atoms with van der Waals surface area (Å²) < 4.78 is 2.21. The van der Waals surface area contributed by atoms with Crippen molar-refractivity contribution in [2.24, 2.45) is 5.73 Å². The van der Waals surface area contributed by atoms with Crippen LogP contribution in [0.2, 0.25) is 0 Å². The number of benzene rings is 1. The van der Waals surface area contributed by atoms with Crippen molar-refractivity contribution in [3.63, 3.8) is 0 Å². The fourth-order valence-corrected chi connectivity index (χ4v) is 2.78. The van der Waals surface area contributed by atoms with E-state index in [1.807, 2.05) is 12.4 Å². The van der Waals surface area contributed by atoms with E-state index in [9.17, 15) is 0 Å². The highest BCUT2D eigenvalue weighted by Gasteiger charge is 2.21. The molecule has 1 heterocycles. The van der Waals surface area contributed by atoms with Gasteiger partial charge < -0.3 is 10.3 Å². The standard InChI is InChI=1S/C18H27N3/c1-5-11-21-12-10-20-17(21)13-16(19)14-8-6-7-9-15(14)18(2,3)4/h6-10,12,16H,5,11,13,19H2,1-4H3. The normalized spacial score (nSPS) is 13.4. The zero-order valence-corrected chi connectivity index (χ0v) is 13.6. The lowest BCUT2D eigenvalue weighted by Gasteiger charge is -2.26. The number of aromatic nitrogens is 2. The monoisotopic (exact) mass is 285 g/mol. The van der Waals surface area contributed by atoms with Crippen molar-refractivity contribution < 1.29 is 0 Å². The first kappa shape index (κ1) is 15.8. The molecule has 0 spiro atoms. The van der Waals surface area contributed by atoms with Gasteiger partial charge in [0.25, 0.3) is 0 Å². The third-order valence-electron chi connectivity index (χ3n) is 3.84. The smallest absolute Gasteiger partial charge is 0.110 e. The second kappa shape index (κ2) is 6.44. The first-order valence-corrected chi connectivity index (χ1v) is 7.78. The van der Waals surface area contributed by atoms with Crippen LogP contribution < -0.4 is 5.73 Å². The number of nitrogens with zero attached hydrogens (tertiary/aromatic N) is 2. The highest BCUT2D eigenvalue weighted by Crippen LogP contribution is 2.29. The molecule has 21 heavy (non-hydrogen) atoms.